The Morgan fingerprint density at radius 1 is 0.871 bits per heavy atom. The van der Waals surface area contributed by atoms with Crippen LogP contribution in [-0.4, -0.2) is 53.2 Å². The fourth-order valence-electron chi connectivity index (χ4n) is 3.97. The fraction of sp³-hybridized carbons (Fsp3) is 0.348. The molecule has 0 fully saturated rings. The average molecular weight is 429 g/mol. The number of rotatable bonds is 9. The Morgan fingerprint density at radius 2 is 1.45 bits per heavy atom. The minimum Gasteiger partial charge on any atom is -0.493 e. The summed E-state index contributed by atoms with van der Waals surface area (Å²) in [6.07, 6.45) is 0.809. The molecule has 0 aliphatic heterocycles. The summed E-state index contributed by atoms with van der Waals surface area (Å²) in [4.78, 5) is 11.9. The highest BCUT2D eigenvalue weighted by atomic mass is 16.7. The van der Waals surface area contributed by atoms with Crippen molar-refractivity contribution in [1.82, 2.24) is 4.57 Å². The molecule has 0 spiro atoms. The van der Waals surface area contributed by atoms with Gasteiger partial charge < -0.3 is 33.0 Å². The van der Waals surface area contributed by atoms with Crippen LogP contribution >= 0.6 is 0 Å². The van der Waals surface area contributed by atoms with Crippen LogP contribution in [0.1, 0.15) is 15.9 Å². The van der Waals surface area contributed by atoms with E-state index < -0.39 is 0 Å². The number of carbonyl (C=O) groups is 1. The van der Waals surface area contributed by atoms with Crippen molar-refractivity contribution in [3.63, 3.8) is 0 Å². The Kier molecular flexibility index (Phi) is 6.60. The Bertz CT molecular complexity index is 1090. The number of hydrogen-bond acceptors (Lipinski definition) is 7. The molecule has 0 amide bonds. The molecule has 0 aliphatic rings. The Balaban J connectivity index is 2.42. The molecule has 2 aromatic carbocycles. The van der Waals surface area contributed by atoms with Gasteiger partial charge in [0, 0.05) is 25.3 Å². The summed E-state index contributed by atoms with van der Waals surface area (Å²) >= 11 is 0. The van der Waals surface area contributed by atoms with Crippen LogP contribution in [0.3, 0.4) is 0 Å². The zero-order valence-corrected chi connectivity index (χ0v) is 18.8. The van der Waals surface area contributed by atoms with Gasteiger partial charge in [0.05, 0.1) is 45.0 Å². The topological polar surface area (TPSA) is 77.4 Å². The van der Waals surface area contributed by atoms with Gasteiger partial charge in [0.2, 0.25) is 5.75 Å². The molecule has 1 aromatic heterocycles. The molecule has 0 radical (unpaired) electrons. The van der Waals surface area contributed by atoms with Gasteiger partial charge in [0.1, 0.15) is 0 Å². The molecule has 1 heterocycles. The maximum atomic E-state index is 11.9. The SMILES string of the molecule is COCOc1c(OC)cc(C=O)c2c1c(C)c(-c1cc(OC)c(OC)c(OC)c1)n2C. The minimum absolute atomic E-state index is 0.0414. The van der Waals surface area contributed by atoms with E-state index in [0.717, 1.165) is 34.0 Å². The molecule has 0 saturated heterocycles. The van der Waals surface area contributed by atoms with Crippen molar-refractivity contribution >= 4 is 17.2 Å². The Labute approximate surface area is 181 Å². The third-order valence-electron chi connectivity index (χ3n) is 5.25. The molecule has 0 bridgehead atoms. The number of fused-ring (bicyclic) bond motifs is 1. The van der Waals surface area contributed by atoms with Crippen LogP contribution in [0.25, 0.3) is 22.2 Å². The van der Waals surface area contributed by atoms with Crippen LogP contribution < -0.4 is 23.7 Å². The van der Waals surface area contributed by atoms with Crippen molar-refractivity contribution in [2.75, 3.05) is 42.3 Å². The Morgan fingerprint density at radius 3 is 1.94 bits per heavy atom. The van der Waals surface area contributed by atoms with Gasteiger partial charge in [-0.15, -0.1) is 0 Å². The van der Waals surface area contributed by atoms with Crippen LogP contribution in [0.2, 0.25) is 0 Å². The van der Waals surface area contributed by atoms with Crippen LogP contribution in [0, 0.1) is 6.92 Å². The lowest BCUT2D eigenvalue weighted by Gasteiger charge is -2.15. The second kappa shape index (κ2) is 9.18. The molecular weight excluding hydrogens is 402 g/mol. The third-order valence-corrected chi connectivity index (χ3v) is 5.25. The number of hydrogen-bond donors (Lipinski definition) is 0. The number of aryl methyl sites for hydroxylation is 2. The molecule has 31 heavy (non-hydrogen) atoms. The van der Waals surface area contributed by atoms with E-state index in [1.165, 1.54) is 7.11 Å². The molecule has 0 saturated carbocycles. The average Bonchev–Trinajstić information content (AvgIpc) is 3.06. The molecule has 8 heteroatoms. The summed E-state index contributed by atoms with van der Waals surface area (Å²) in [5, 5.41) is 0.768. The minimum atomic E-state index is 0.0414. The Hall–Kier alpha value is -3.39. The molecular formula is C23H27NO7. The first-order chi connectivity index (χ1) is 15.0. The molecule has 0 aliphatic carbocycles. The zero-order chi connectivity index (χ0) is 22.7. The summed E-state index contributed by atoms with van der Waals surface area (Å²) in [6.45, 7) is 2.01. The highest BCUT2D eigenvalue weighted by molar-refractivity contribution is 6.06. The normalized spacial score (nSPS) is 10.8. The molecule has 3 rings (SSSR count). The second-order valence-electron chi connectivity index (χ2n) is 6.84. The first-order valence-electron chi connectivity index (χ1n) is 9.54. The second-order valence-corrected chi connectivity index (χ2v) is 6.84. The van der Waals surface area contributed by atoms with Gasteiger partial charge in [0.25, 0.3) is 0 Å². The van der Waals surface area contributed by atoms with Gasteiger partial charge in [-0.3, -0.25) is 4.79 Å². The third kappa shape index (κ3) is 3.63. The van der Waals surface area contributed by atoms with Crippen molar-refractivity contribution < 1.29 is 33.2 Å². The van der Waals surface area contributed by atoms with Crippen LogP contribution in [0.5, 0.6) is 28.7 Å². The number of benzene rings is 2. The van der Waals surface area contributed by atoms with E-state index in [0.29, 0.717) is 34.3 Å². The predicted molar refractivity (Wildman–Crippen MR) is 117 cm³/mol. The van der Waals surface area contributed by atoms with E-state index >= 15 is 0 Å². The highest BCUT2D eigenvalue weighted by Crippen LogP contribution is 2.47. The number of aromatic nitrogens is 1. The number of methoxy groups -OCH3 is 5. The number of nitrogens with zero attached hydrogens (tertiary/aromatic N) is 1. The van der Waals surface area contributed by atoms with Crippen molar-refractivity contribution in [3.8, 4) is 40.0 Å². The van der Waals surface area contributed by atoms with Crippen LogP contribution in [0.4, 0.5) is 0 Å². The maximum Gasteiger partial charge on any atom is 0.203 e. The lowest BCUT2D eigenvalue weighted by atomic mass is 10.0. The van der Waals surface area contributed by atoms with E-state index in [1.807, 2.05) is 30.7 Å². The van der Waals surface area contributed by atoms with Gasteiger partial charge in [-0.2, -0.15) is 0 Å². The monoisotopic (exact) mass is 429 g/mol. The standard InChI is InChI=1S/C23H27NO7/c1-13-19-21(15(11-25)10-18(29-6)23(19)31-12-26-3)24(2)20(13)14-8-16(27-4)22(30-7)17(9-14)28-5/h8-11H,12H2,1-7H3. The van der Waals surface area contributed by atoms with E-state index in [1.54, 1.807) is 34.5 Å². The fourth-order valence-corrected chi connectivity index (χ4v) is 3.97. The smallest absolute Gasteiger partial charge is 0.203 e. The van der Waals surface area contributed by atoms with Crippen LogP contribution in [0.15, 0.2) is 18.2 Å². The van der Waals surface area contributed by atoms with Crippen LogP contribution in [-0.2, 0) is 11.8 Å². The first-order valence-corrected chi connectivity index (χ1v) is 9.54. The number of ether oxygens (including phenoxy) is 6. The van der Waals surface area contributed by atoms with E-state index in [2.05, 4.69) is 0 Å². The van der Waals surface area contributed by atoms with E-state index in [9.17, 15) is 4.79 Å². The van der Waals surface area contributed by atoms with Gasteiger partial charge >= 0.3 is 0 Å². The summed E-state index contributed by atoms with van der Waals surface area (Å²) in [6, 6.07) is 5.41. The van der Waals surface area contributed by atoms with E-state index in [4.69, 9.17) is 28.4 Å². The molecule has 8 nitrogen and oxygen atoms in total. The summed E-state index contributed by atoms with van der Waals surface area (Å²) in [5.41, 5.74) is 3.82. The molecule has 0 atom stereocenters. The summed E-state index contributed by atoms with van der Waals surface area (Å²) < 4.78 is 34.9. The van der Waals surface area contributed by atoms with E-state index in [-0.39, 0.29) is 6.79 Å². The number of aldehydes is 1. The predicted octanol–water partition coefficient (Wildman–Crippen LogP) is 3.98. The van der Waals surface area contributed by atoms with Crippen molar-refractivity contribution in [2.24, 2.45) is 7.05 Å². The molecule has 0 N–H and O–H groups in total. The van der Waals surface area contributed by atoms with Gasteiger partial charge in [-0.1, -0.05) is 0 Å². The number of carbonyl (C=O) groups excluding carboxylic acids is 1. The summed E-state index contributed by atoms with van der Waals surface area (Å²) in [5.74, 6) is 2.54. The molecule has 0 unspecified atom stereocenters. The summed E-state index contributed by atoms with van der Waals surface area (Å²) in [7, 11) is 9.68. The lowest BCUT2D eigenvalue weighted by Crippen LogP contribution is -2.03. The zero-order valence-electron chi connectivity index (χ0n) is 18.8. The largest absolute Gasteiger partial charge is 0.493 e. The van der Waals surface area contributed by atoms with Crippen molar-refractivity contribution in [3.05, 3.63) is 29.3 Å². The van der Waals surface area contributed by atoms with Crippen molar-refractivity contribution in [2.45, 2.75) is 6.92 Å². The first kappa shape index (κ1) is 22.3. The van der Waals surface area contributed by atoms with Gasteiger partial charge in [-0.05, 0) is 30.7 Å². The quantitative estimate of drug-likeness (QED) is 0.376. The maximum absolute atomic E-state index is 11.9. The van der Waals surface area contributed by atoms with Crippen molar-refractivity contribution in [1.29, 1.82) is 0 Å². The molecule has 3 aromatic rings. The van der Waals surface area contributed by atoms with Gasteiger partial charge in [-0.25, -0.2) is 0 Å². The van der Waals surface area contributed by atoms with Gasteiger partial charge in [0.15, 0.2) is 36.1 Å². The molecule has 166 valence electrons. The lowest BCUT2D eigenvalue weighted by molar-refractivity contribution is 0.0503. The highest BCUT2D eigenvalue weighted by Gasteiger charge is 2.25.